The average molecular weight is 467 g/mol. The van der Waals surface area contributed by atoms with E-state index >= 15 is 0 Å². The third-order valence-electron chi connectivity index (χ3n) is 6.52. The standard InChI is InChI=1S/C29H30N4O2/c1-21-5-7-25(16-28(21)32-18-27-4-2-3-10-31-27)29(34)33-12-13-35-20-23(19-33)14-22-6-8-26-17-30-11-9-24(26)15-22/h2-11,15-17,23,32H,12-14,18-20H2,1H3/t23-/m0/s1. The molecule has 3 heterocycles. The molecule has 1 amide bonds. The van der Waals surface area contributed by atoms with Gasteiger partial charge in [-0.3, -0.25) is 14.8 Å². The van der Waals surface area contributed by atoms with E-state index in [0.29, 0.717) is 38.4 Å². The fraction of sp³-hybridized carbons (Fsp3) is 0.276. The van der Waals surface area contributed by atoms with Gasteiger partial charge >= 0.3 is 0 Å². The van der Waals surface area contributed by atoms with Crippen LogP contribution < -0.4 is 5.32 Å². The van der Waals surface area contributed by atoms with E-state index in [4.69, 9.17) is 4.74 Å². The highest BCUT2D eigenvalue weighted by Crippen LogP contribution is 2.22. The van der Waals surface area contributed by atoms with E-state index in [1.165, 1.54) is 10.9 Å². The molecule has 0 unspecified atom stereocenters. The molecule has 0 saturated carbocycles. The molecule has 1 aliphatic heterocycles. The van der Waals surface area contributed by atoms with Crippen LogP contribution in [0.4, 0.5) is 5.69 Å². The van der Waals surface area contributed by atoms with Gasteiger partial charge in [-0.15, -0.1) is 0 Å². The molecule has 1 N–H and O–H groups in total. The van der Waals surface area contributed by atoms with Gasteiger partial charge in [-0.1, -0.05) is 30.3 Å². The number of aryl methyl sites for hydroxylation is 1. The smallest absolute Gasteiger partial charge is 0.254 e. The van der Waals surface area contributed by atoms with Crippen LogP contribution in [-0.2, 0) is 17.7 Å². The van der Waals surface area contributed by atoms with Crippen molar-refractivity contribution < 1.29 is 9.53 Å². The van der Waals surface area contributed by atoms with E-state index in [2.05, 4.69) is 33.5 Å². The summed E-state index contributed by atoms with van der Waals surface area (Å²) in [6.07, 6.45) is 6.36. The molecule has 1 fully saturated rings. The molecule has 2 aromatic heterocycles. The lowest BCUT2D eigenvalue weighted by Crippen LogP contribution is -2.36. The summed E-state index contributed by atoms with van der Waals surface area (Å²) in [6.45, 7) is 5.15. The van der Waals surface area contributed by atoms with Crippen molar-refractivity contribution in [1.82, 2.24) is 14.9 Å². The number of ether oxygens (including phenoxy) is 1. The Kier molecular flexibility index (Phi) is 7.00. The van der Waals surface area contributed by atoms with E-state index in [1.807, 2.05) is 66.7 Å². The summed E-state index contributed by atoms with van der Waals surface area (Å²) < 4.78 is 5.89. The normalized spacial score (nSPS) is 16.1. The number of hydrogen-bond acceptors (Lipinski definition) is 5. The number of benzene rings is 2. The number of fused-ring (bicyclic) bond motifs is 1. The maximum atomic E-state index is 13.5. The van der Waals surface area contributed by atoms with Gasteiger partial charge in [0.25, 0.3) is 5.91 Å². The molecule has 2 aromatic carbocycles. The fourth-order valence-corrected chi connectivity index (χ4v) is 4.60. The number of amides is 1. The summed E-state index contributed by atoms with van der Waals surface area (Å²) >= 11 is 0. The van der Waals surface area contributed by atoms with Crippen molar-refractivity contribution in [1.29, 1.82) is 0 Å². The number of pyridine rings is 2. The van der Waals surface area contributed by atoms with E-state index in [-0.39, 0.29) is 11.8 Å². The molecule has 35 heavy (non-hydrogen) atoms. The second-order valence-electron chi connectivity index (χ2n) is 9.16. The predicted octanol–water partition coefficient (Wildman–Crippen LogP) is 4.88. The molecule has 0 bridgehead atoms. The third kappa shape index (κ3) is 5.66. The van der Waals surface area contributed by atoms with Crippen molar-refractivity contribution in [2.75, 3.05) is 31.6 Å². The Morgan fingerprint density at radius 1 is 1.09 bits per heavy atom. The lowest BCUT2D eigenvalue weighted by molar-refractivity contribution is 0.0737. The maximum Gasteiger partial charge on any atom is 0.254 e. The molecular formula is C29H30N4O2. The molecule has 0 radical (unpaired) electrons. The first-order valence-electron chi connectivity index (χ1n) is 12.1. The van der Waals surface area contributed by atoms with Crippen molar-refractivity contribution in [2.24, 2.45) is 5.92 Å². The van der Waals surface area contributed by atoms with Crippen LogP contribution in [-0.4, -0.2) is 47.1 Å². The molecular weight excluding hydrogens is 436 g/mol. The van der Waals surface area contributed by atoms with Gasteiger partial charge < -0.3 is 15.0 Å². The molecule has 4 aromatic rings. The van der Waals surface area contributed by atoms with Crippen molar-refractivity contribution >= 4 is 22.4 Å². The van der Waals surface area contributed by atoms with Crippen molar-refractivity contribution in [2.45, 2.75) is 19.9 Å². The Morgan fingerprint density at radius 2 is 2.03 bits per heavy atom. The highest BCUT2D eigenvalue weighted by molar-refractivity contribution is 5.95. The molecule has 6 heteroatoms. The van der Waals surface area contributed by atoms with Crippen LogP contribution in [0, 0.1) is 12.8 Å². The van der Waals surface area contributed by atoms with Crippen LogP contribution in [0.5, 0.6) is 0 Å². The first-order chi connectivity index (χ1) is 17.2. The van der Waals surface area contributed by atoms with E-state index < -0.39 is 0 Å². The summed E-state index contributed by atoms with van der Waals surface area (Å²) in [7, 11) is 0. The van der Waals surface area contributed by atoms with Gasteiger partial charge in [0.2, 0.25) is 0 Å². The van der Waals surface area contributed by atoms with Gasteiger partial charge in [0.15, 0.2) is 0 Å². The summed E-state index contributed by atoms with van der Waals surface area (Å²) in [5, 5.41) is 5.76. The van der Waals surface area contributed by atoms with Crippen molar-refractivity contribution in [3.63, 3.8) is 0 Å². The lowest BCUT2D eigenvalue weighted by Gasteiger charge is -2.24. The lowest BCUT2D eigenvalue weighted by atomic mass is 9.97. The second kappa shape index (κ2) is 10.7. The fourth-order valence-electron chi connectivity index (χ4n) is 4.60. The quantitative estimate of drug-likeness (QED) is 0.439. The van der Waals surface area contributed by atoms with Gasteiger partial charge in [0.1, 0.15) is 0 Å². The summed E-state index contributed by atoms with van der Waals surface area (Å²) in [4.78, 5) is 24.0. The number of carbonyl (C=O) groups is 1. The Balaban J connectivity index is 1.28. The molecule has 1 aliphatic rings. The van der Waals surface area contributed by atoms with E-state index in [0.717, 1.165) is 28.8 Å². The Morgan fingerprint density at radius 3 is 2.91 bits per heavy atom. The second-order valence-corrected chi connectivity index (χ2v) is 9.16. The molecule has 0 spiro atoms. The third-order valence-corrected chi connectivity index (χ3v) is 6.52. The topological polar surface area (TPSA) is 67.4 Å². The maximum absolute atomic E-state index is 13.5. The van der Waals surface area contributed by atoms with Crippen LogP contribution in [0.25, 0.3) is 10.8 Å². The molecule has 1 atom stereocenters. The Bertz CT molecular complexity index is 1310. The number of nitrogens with zero attached hydrogens (tertiary/aromatic N) is 3. The number of carbonyl (C=O) groups excluding carboxylic acids is 1. The zero-order chi connectivity index (χ0) is 24.0. The highest BCUT2D eigenvalue weighted by atomic mass is 16.5. The molecule has 178 valence electrons. The monoisotopic (exact) mass is 466 g/mol. The first-order valence-corrected chi connectivity index (χ1v) is 12.1. The number of nitrogens with one attached hydrogen (secondary N) is 1. The minimum Gasteiger partial charge on any atom is -0.379 e. The van der Waals surface area contributed by atoms with E-state index in [1.54, 1.807) is 6.20 Å². The van der Waals surface area contributed by atoms with Crippen LogP contribution in [0.3, 0.4) is 0 Å². The van der Waals surface area contributed by atoms with Gasteiger partial charge in [0.05, 0.1) is 25.5 Å². The van der Waals surface area contributed by atoms with Gasteiger partial charge in [-0.25, -0.2) is 0 Å². The Labute approximate surface area is 206 Å². The summed E-state index contributed by atoms with van der Waals surface area (Å²) in [5.74, 6) is 0.291. The molecule has 1 saturated heterocycles. The molecule has 0 aliphatic carbocycles. The average Bonchev–Trinajstić information content (AvgIpc) is 3.14. The molecule has 6 nitrogen and oxygen atoms in total. The van der Waals surface area contributed by atoms with E-state index in [9.17, 15) is 4.79 Å². The van der Waals surface area contributed by atoms with Crippen LogP contribution in [0.2, 0.25) is 0 Å². The molecule has 5 rings (SSSR count). The minimum atomic E-state index is 0.0472. The number of aromatic nitrogens is 2. The number of anilines is 1. The zero-order valence-corrected chi connectivity index (χ0v) is 20.0. The van der Waals surface area contributed by atoms with Crippen LogP contribution in [0.1, 0.15) is 27.2 Å². The number of rotatable bonds is 6. The summed E-state index contributed by atoms with van der Waals surface area (Å²) in [5.41, 5.74) is 4.96. The van der Waals surface area contributed by atoms with Gasteiger partial charge in [0, 0.05) is 54.2 Å². The van der Waals surface area contributed by atoms with Crippen LogP contribution >= 0.6 is 0 Å². The SMILES string of the molecule is Cc1ccc(C(=O)N2CCOC[C@@H](Cc3ccc4cnccc4c3)C2)cc1NCc1ccccn1. The van der Waals surface area contributed by atoms with Crippen molar-refractivity contribution in [3.05, 3.63) is 102 Å². The van der Waals surface area contributed by atoms with Crippen molar-refractivity contribution in [3.8, 4) is 0 Å². The van der Waals surface area contributed by atoms with Gasteiger partial charge in [-0.05, 0) is 60.2 Å². The first kappa shape index (κ1) is 23.0. The van der Waals surface area contributed by atoms with Crippen LogP contribution in [0.15, 0.2) is 79.3 Å². The number of hydrogen-bond donors (Lipinski definition) is 1. The highest BCUT2D eigenvalue weighted by Gasteiger charge is 2.24. The van der Waals surface area contributed by atoms with Gasteiger partial charge in [-0.2, -0.15) is 0 Å². The zero-order valence-electron chi connectivity index (χ0n) is 20.0. The Hall–Kier alpha value is -3.77. The minimum absolute atomic E-state index is 0.0472. The largest absolute Gasteiger partial charge is 0.379 e. The predicted molar refractivity (Wildman–Crippen MR) is 138 cm³/mol. The summed E-state index contributed by atoms with van der Waals surface area (Å²) in [6, 6.07) is 20.3.